The van der Waals surface area contributed by atoms with Crippen LogP contribution in [-0.2, 0) is 15.8 Å². The lowest BCUT2D eigenvalue weighted by molar-refractivity contribution is -0.137. The van der Waals surface area contributed by atoms with Crippen LogP contribution in [0.3, 0.4) is 0 Å². The van der Waals surface area contributed by atoms with Gasteiger partial charge in [0.25, 0.3) is 5.91 Å². The van der Waals surface area contributed by atoms with Crippen molar-refractivity contribution in [1.82, 2.24) is 10.2 Å². The van der Waals surface area contributed by atoms with Crippen molar-refractivity contribution < 1.29 is 22.8 Å². The van der Waals surface area contributed by atoms with Gasteiger partial charge in [0, 0.05) is 11.4 Å². The number of anilines is 1. The monoisotopic (exact) mass is 517 g/mol. The molecule has 0 aromatic heterocycles. The summed E-state index contributed by atoms with van der Waals surface area (Å²) in [6.07, 6.45) is 3.02. The lowest BCUT2D eigenvalue weighted by Gasteiger charge is -2.30. The first kappa shape index (κ1) is 26.3. The Labute approximate surface area is 213 Å². The molecule has 2 aliphatic heterocycles. The number of amides is 2. The van der Waals surface area contributed by atoms with Crippen LogP contribution in [0, 0.1) is 0 Å². The van der Waals surface area contributed by atoms with Crippen molar-refractivity contribution in [3.8, 4) is 0 Å². The average Bonchev–Trinajstić information content (AvgIpc) is 3.13. The van der Waals surface area contributed by atoms with Gasteiger partial charge in [0.15, 0.2) is 0 Å². The highest BCUT2D eigenvalue weighted by Crippen LogP contribution is 2.42. The fourth-order valence-corrected chi connectivity index (χ4v) is 5.49. The summed E-state index contributed by atoms with van der Waals surface area (Å²) in [5.74, 6) is -0.590. The normalized spacial score (nSPS) is 18.1. The van der Waals surface area contributed by atoms with Gasteiger partial charge in [-0.2, -0.15) is 13.2 Å². The minimum Gasteiger partial charge on any atom is -0.355 e. The topological polar surface area (TPSA) is 52.7 Å². The van der Waals surface area contributed by atoms with Crippen molar-refractivity contribution >= 4 is 35.3 Å². The molecule has 5 nitrogen and oxygen atoms in total. The second-order valence-corrected chi connectivity index (χ2v) is 10.1. The third-order valence-electron chi connectivity index (χ3n) is 6.34. The van der Waals surface area contributed by atoms with Crippen molar-refractivity contribution in [2.24, 2.45) is 0 Å². The van der Waals surface area contributed by atoms with Gasteiger partial charge in [0.2, 0.25) is 5.91 Å². The zero-order valence-corrected chi connectivity index (χ0v) is 20.8. The molecule has 0 radical (unpaired) electrons. The molecule has 0 atom stereocenters. The fourth-order valence-electron chi connectivity index (χ4n) is 4.43. The summed E-state index contributed by atoms with van der Waals surface area (Å²) in [5, 5.41) is 2.93. The van der Waals surface area contributed by atoms with Crippen LogP contribution in [0.1, 0.15) is 43.2 Å². The summed E-state index contributed by atoms with van der Waals surface area (Å²) in [6.45, 7) is 3.59. The zero-order valence-electron chi connectivity index (χ0n) is 20.0. The van der Waals surface area contributed by atoms with Crippen LogP contribution in [-0.4, -0.2) is 49.4 Å². The Bertz CT molecular complexity index is 1090. The largest absolute Gasteiger partial charge is 0.416 e. The molecule has 192 valence electrons. The van der Waals surface area contributed by atoms with Crippen LogP contribution < -0.4 is 10.2 Å². The smallest absolute Gasteiger partial charge is 0.355 e. The number of halogens is 3. The van der Waals surface area contributed by atoms with Gasteiger partial charge in [-0.3, -0.25) is 14.5 Å². The van der Waals surface area contributed by atoms with Gasteiger partial charge in [-0.05, 0) is 74.8 Å². The number of carbonyl (C=O) groups excluding carboxylic acids is 2. The predicted molar refractivity (Wildman–Crippen MR) is 137 cm³/mol. The highest BCUT2D eigenvalue weighted by molar-refractivity contribution is 8.04. The Morgan fingerprint density at radius 2 is 1.69 bits per heavy atom. The number of fused-ring (bicyclic) bond motifs is 1. The molecule has 0 bridgehead atoms. The highest BCUT2D eigenvalue weighted by atomic mass is 32.2. The number of likely N-dealkylation sites (tertiary alicyclic amines) is 1. The first-order valence-electron chi connectivity index (χ1n) is 12.3. The number of thioether (sulfide) groups is 1. The highest BCUT2D eigenvalue weighted by Gasteiger charge is 2.31. The average molecular weight is 518 g/mol. The Kier molecular flexibility index (Phi) is 8.74. The number of nitrogens with one attached hydrogen (secondary N) is 1. The van der Waals surface area contributed by atoms with Crippen LogP contribution in [0.2, 0.25) is 0 Å². The summed E-state index contributed by atoms with van der Waals surface area (Å²) < 4.78 is 38.6. The van der Waals surface area contributed by atoms with E-state index >= 15 is 0 Å². The summed E-state index contributed by atoms with van der Waals surface area (Å²) in [4.78, 5) is 31.1. The number of alkyl halides is 3. The number of rotatable bonds is 7. The summed E-state index contributed by atoms with van der Waals surface area (Å²) >= 11 is 1.25. The number of carbonyl (C=O) groups is 2. The standard InChI is InChI=1S/C27H30F3N3O2S/c28-27(29,30)21-12-10-20(11-13-21)18-24-26(35)33(22-8-3-4-9-23(22)36-24)19-25(34)31-14-7-17-32-15-5-1-2-6-16-32/h3-4,8-13,18H,1-2,5-7,14-17,19H2,(H,31,34). The molecule has 36 heavy (non-hydrogen) atoms. The van der Waals surface area contributed by atoms with Crippen LogP contribution >= 0.6 is 11.8 Å². The molecule has 0 spiro atoms. The molecule has 1 saturated heterocycles. The quantitative estimate of drug-likeness (QED) is 0.386. The Morgan fingerprint density at radius 1 is 1.00 bits per heavy atom. The van der Waals surface area contributed by atoms with Crippen molar-refractivity contribution in [1.29, 1.82) is 0 Å². The predicted octanol–water partition coefficient (Wildman–Crippen LogP) is 5.57. The summed E-state index contributed by atoms with van der Waals surface area (Å²) in [6, 6.07) is 12.0. The van der Waals surface area contributed by atoms with Crippen molar-refractivity contribution in [2.45, 2.75) is 43.2 Å². The molecule has 0 saturated carbocycles. The molecule has 9 heteroatoms. The van der Waals surface area contributed by atoms with Crippen LogP contribution in [0.25, 0.3) is 6.08 Å². The minimum atomic E-state index is -4.42. The van der Waals surface area contributed by atoms with E-state index in [1.165, 1.54) is 54.5 Å². The van der Waals surface area contributed by atoms with Gasteiger partial charge in [-0.25, -0.2) is 0 Å². The molecule has 2 aromatic carbocycles. The lowest BCUT2D eigenvalue weighted by atomic mass is 10.1. The number of para-hydroxylation sites is 1. The molecule has 4 rings (SSSR count). The van der Waals surface area contributed by atoms with E-state index in [0.717, 1.165) is 43.1 Å². The summed E-state index contributed by atoms with van der Waals surface area (Å²) in [5.41, 5.74) is 0.389. The maximum atomic E-state index is 13.3. The van der Waals surface area contributed by atoms with Crippen LogP contribution in [0.5, 0.6) is 0 Å². The van der Waals surface area contributed by atoms with E-state index in [1.54, 1.807) is 12.1 Å². The maximum absolute atomic E-state index is 13.3. The number of nitrogens with zero attached hydrogens (tertiary/aromatic N) is 2. The molecule has 2 heterocycles. The second kappa shape index (κ2) is 12.0. The van der Waals surface area contributed by atoms with E-state index in [2.05, 4.69) is 10.2 Å². The zero-order chi connectivity index (χ0) is 25.5. The molecule has 0 unspecified atom stereocenters. The Morgan fingerprint density at radius 3 is 2.39 bits per heavy atom. The third kappa shape index (κ3) is 6.91. The number of hydrogen-bond acceptors (Lipinski definition) is 4. The fraction of sp³-hybridized carbons (Fsp3) is 0.407. The first-order valence-corrected chi connectivity index (χ1v) is 13.1. The molecular formula is C27H30F3N3O2S. The van der Waals surface area contributed by atoms with Crippen LogP contribution in [0.15, 0.2) is 58.3 Å². The SMILES string of the molecule is O=C(CN1C(=O)C(=Cc2ccc(C(F)(F)F)cc2)Sc2ccccc21)NCCCN1CCCCCC1. The third-order valence-corrected chi connectivity index (χ3v) is 7.42. The van der Waals surface area contributed by atoms with Crippen molar-refractivity contribution in [3.05, 3.63) is 64.6 Å². The van der Waals surface area contributed by atoms with Gasteiger partial charge >= 0.3 is 6.18 Å². The van der Waals surface area contributed by atoms with Gasteiger partial charge in [-0.15, -0.1) is 0 Å². The van der Waals surface area contributed by atoms with Crippen LogP contribution in [0.4, 0.5) is 18.9 Å². The van der Waals surface area contributed by atoms with E-state index in [4.69, 9.17) is 0 Å². The number of benzene rings is 2. The second-order valence-electron chi connectivity index (χ2n) is 9.05. The molecular weight excluding hydrogens is 487 g/mol. The van der Waals surface area contributed by atoms with E-state index in [9.17, 15) is 22.8 Å². The first-order chi connectivity index (χ1) is 17.3. The molecule has 2 aromatic rings. The van der Waals surface area contributed by atoms with Gasteiger partial charge < -0.3 is 10.2 Å². The van der Waals surface area contributed by atoms with Gasteiger partial charge in [0.1, 0.15) is 6.54 Å². The molecule has 1 N–H and O–H groups in total. The van der Waals surface area contributed by atoms with Crippen molar-refractivity contribution in [2.75, 3.05) is 37.6 Å². The molecule has 0 aliphatic carbocycles. The van der Waals surface area contributed by atoms with Crippen molar-refractivity contribution in [3.63, 3.8) is 0 Å². The molecule has 2 aliphatic rings. The summed E-state index contributed by atoms with van der Waals surface area (Å²) in [7, 11) is 0. The maximum Gasteiger partial charge on any atom is 0.416 e. The Hall–Kier alpha value is -2.78. The minimum absolute atomic E-state index is 0.121. The Balaban J connectivity index is 1.40. The number of hydrogen-bond donors (Lipinski definition) is 1. The van der Waals surface area contributed by atoms with E-state index in [1.807, 2.05) is 18.2 Å². The van der Waals surface area contributed by atoms with E-state index in [0.29, 0.717) is 22.7 Å². The van der Waals surface area contributed by atoms with Gasteiger partial charge in [-0.1, -0.05) is 48.9 Å². The van der Waals surface area contributed by atoms with E-state index in [-0.39, 0.29) is 18.4 Å². The molecule has 1 fully saturated rings. The molecule has 2 amide bonds. The van der Waals surface area contributed by atoms with E-state index < -0.39 is 11.7 Å². The van der Waals surface area contributed by atoms with Gasteiger partial charge in [0.05, 0.1) is 16.2 Å². The lowest BCUT2D eigenvalue weighted by Crippen LogP contribution is -2.43.